The molecule has 0 bridgehead atoms. The topological polar surface area (TPSA) is 0 Å². The molecule has 0 aliphatic carbocycles. The standard InChI is InChI=1S/C12H16Cl/c1-9(2)10(3)8-11-4-6-12(13)7-5-11/h4-7,9-10H,1,8H2,2-3H3. The van der Waals surface area contributed by atoms with Crippen LogP contribution in [0.4, 0.5) is 0 Å². The lowest BCUT2D eigenvalue weighted by Gasteiger charge is -2.14. The van der Waals surface area contributed by atoms with Crippen molar-refractivity contribution in [2.24, 2.45) is 11.8 Å². The summed E-state index contributed by atoms with van der Waals surface area (Å²) in [5, 5.41) is 0.805. The van der Waals surface area contributed by atoms with Crippen molar-refractivity contribution in [2.75, 3.05) is 0 Å². The van der Waals surface area contributed by atoms with Gasteiger partial charge in [-0.2, -0.15) is 0 Å². The Hall–Kier alpha value is -0.490. The monoisotopic (exact) mass is 195 g/mol. The van der Waals surface area contributed by atoms with Crippen LogP contribution in [0.2, 0.25) is 5.02 Å². The third kappa shape index (κ3) is 3.40. The molecule has 0 N–H and O–H groups in total. The molecule has 13 heavy (non-hydrogen) atoms. The van der Waals surface area contributed by atoms with Gasteiger partial charge in [-0.3, -0.25) is 0 Å². The maximum absolute atomic E-state index is 5.80. The molecule has 71 valence electrons. The molecule has 0 aliphatic rings. The summed E-state index contributed by atoms with van der Waals surface area (Å²) in [6.45, 7) is 8.41. The van der Waals surface area contributed by atoms with Crippen molar-refractivity contribution in [3.8, 4) is 0 Å². The van der Waals surface area contributed by atoms with E-state index in [1.165, 1.54) is 5.56 Å². The van der Waals surface area contributed by atoms with Gasteiger partial charge in [0.2, 0.25) is 0 Å². The van der Waals surface area contributed by atoms with Crippen molar-refractivity contribution < 1.29 is 0 Å². The van der Waals surface area contributed by atoms with Gasteiger partial charge in [0.1, 0.15) is 0 Å². The van der Waals surface area contributed by atoms with Gasteiger partial charge in [0.25, 0.3) is 0 Å². The predicted octanol–water partition coefficient (Wildman–Crippen LogP) is 3.99. The number of hydrogen-bond donors (Lipinski definition) is 0. The van der Waals surface area contributed by atoms with E-state index in [0.29, 0.717) is 11.8 Å². The van der Waals surface area contributed by atoms with Gasteiger partial charge in [-0.1, -0.05) is 44.5 Å². The van der Waals surface area contributed by atoms with Crippen molar-refractivity contribution in [1.29, 1.82) is 0 Å². The first-order valence-corrected chi connectivity index (χ1v) is 5.05. The summed E-state index contributed by atoms with van der Waals surface area (Å²) < 4.78 is 0. The Labute approximate surface area is 85.9 Å². The molecule has 0 spiro atoms. The molecule has 1 aromatic rings. The summed E-state index contributed by atoms with van der Waals surface area (Å²) in [4.78, 5) is 0. The summed E-state index contributed by atoms with van der Waals surface area (Å²) in [5.74, 6) is 1.12. The predicted molar refractivity (Wildman–Crippen MR) is 58.8 cm³/mol. The highest BCUT2D eigenvalue weighted by Crippen LogP contribution is 2.17. The van der Waals surface area contributed by atoms with Crippen LogP contribution in [0.1, 0.15) is 19.4 Å². The van der Waals surface area contributed by atoms with Crippen LogP contribution in [-0.4, -0.2) is 0 Å². The largest absolute Gasteiger partial charge is 0.0843 e. The molecule has 1 rings (SSSR count). The second-order valence-corrected chi connectivity index (χ2v) is 4.22. The van der Waals surface area contributed by atoms with Crippen molar-refractivity contribution in [3.63, 3.8) is 0 Å². The van der Waals surface area contributed by atoms with Crippen LogP contribution in [0.3, 0.4) is 0 Å². The Morgan fingerprint density at radius 1 is 1.23 bits per heavy atom. The number of halogens is 1. The fraction of sp³-hybridized carbons (Fsp3) is 0.417. The zero-order valence-corrected chi connectivity index (χ0v) is 9.01. The first kappa shape index (κ1) is 10.6. The Morgan fingerprint density at radius 3 is 2.23 bits per heavy atom. The van der Waals surface area contributed by atoms with E-state index >= 15 is 0 Å². The van der Waals surface area contributed by atoms with E-state index in [-0.39, 0.29) is 0 Å². The smallest absolute Gasteiger partial charge is 0.0406 e. The van der Waals surface area contributed by atoms with E-state index in [0.717, 1.165) is 11.4 Å². The van der Waals surface area contributed by atoms with E-state index in [1.54, 1.807) is 0 Å². The third-order valence-electron chi connectivity index (χ3n) is 2.44. The summed E-state index contributed by atoms with van der Waals surface area (Å²) in [7, 11) is 0. The van der Waals surface area contributed by atoms with E-state index in [4.69, 9.17) is 11.6 Å². The second-order valence-electron chi connectivity index (χ2n) is 3.79. The molecule has 0 aliphatic heterocycles. The molecular weight excluding hydrogens is 180 g/mol. The van der Waals surface area contributed by atoms with Gasteiger partial charge < -0.3 is 0 Å². The molecule has 0 nitrogen and oxygen atoms in total. The molecule has 0 saturated heterocycles. The van der Waals surface area contributed by atoms with Crippen LogP contribution in [0.15, 0.2) is 24.3 Å². The van der Waals surface area contributed by atoms with Crippen LogP contribution >= 0.6 is 11.6 Å². The van der Waals surface area contributed by atoms with Crippen LogP contribution in [0.5, 0.6) is 0 Å². The summed E-state index contributed by atoms with van der Waals surface area (Å²) in [6, 6.07) is 8.05. The summed E-state index contributed by atoms with van der Waals surface area (Å²) >= 11 is 5.80. The van der Waals surface area contributed by atoms with Crippen LogP contribution in [0, 0.1) is 18.8 Å². The summed E-state index contributed by atoms with van der Waals surface area (Å²) in [5.41, 5.74) is 1.34. The SMILES string of the molecule is [CH2]C(C)C(C)Cc1ccc(Cl)cc1. The first-order valence-electron chi connectivity index (χ1n) is 4.67. The third-order valence-corrected chi connectivity index (χ3v) is 2.69. The first-order chi connectivity index (χ1) is 6.09. The lowest BCUT2D eigenvalue weighted by atomic mass is 9.91. The Kier molecular flexibility index (Phi) is 3.80. The van der Waals surface area contributed by atoms with Crippen molar-refractivity contribution >= 4 is 11.6 Å². The fourth-order valence-corrected chi connectivity index (χ4v) is 1.32. The van der Waals surface area contributed by atoms with Crippen molar-refractivity contribution in [1.82, 2.24) is 0 Å². The van der Waals surface area contributed by atoms with Gasteiger partial charge in [-0.25, -0.2) is 0 Å². The van der Waals surface area contributed by atoms with E-state index in [9.17, 15) is 0 Å². The molecule has 0 heterocycles. The average Bonchev–Trinajstić information content (AvgIpc) is 2.08. The lowest BCUT2D eigenvalue weighted by Crippen LogP contribution is -2.07. The second kappa shape index (κ2) is 4.66. The van der Waals surface area contributed by atoms with Gasteiger partial charge in [-0.05, 0) is 36.0 Å². The van der Waals surface area contributed by atoms with E-state index in [1.807, 2.05) is 12.1 Å². The summed E-state index contributed by atoms with van der Waals surface area (Å²) in [6.07, 6.45) is 1.09. The zero-order chi connectivity index (χ0) is 9.84. The molecule has 1 radical (unpaired) electrons. The quantitative estimate of drug-likeness (QED) is 0.684. The zero-order valence-electron chi connectivity index (χ0n) is 8.26. The average molecular weight is 196 g/mol. The van der Waals surface area contributed by atoms with Crippen molar-refractivity contribution in [2.45, 2.75) is 20.3 Å². The van der Waals surface area contributed by atoms with Gasteiger partial charge in [0, 0.05) is 5.02 Å². The minimum atomic E-state index is 0.496. The highest BCUT2D eigenvalue weighted by atomic mass is 35.5. The van der Waals surface area contributed by atoms with Gasteiger partial charge in [-0.15, -0.1) is 0 Å². The molecule has 2 atom stereocenters. The van der Waals surface area contributed by atoms with Crippen molar-refractivity contribution in [3.05, 3.63) is 41.8 Å². The Morgan fingerprint density at radius 2 is 1.77 bits per heavy atom. The number of rotatable bonds is 3. The van der Waals surface area contributed by atoms with Crippen LogP contribution in [0.25, 0.3) is 0 Å². The maximum atomic E-state index is 5.80. The molecule has 1 heteroatoms. The van der Waals surface area contributed by atoms with Crippen LogP contribution in [-0.2, 0) is 6.42 Å². The molecule has 2 unspecified atom stereocenters. The molecule has 0 fully saturated rings. The Balaban J connectivity index is 2.59. The molecule has 0 aromatic heterocycles. The highest BCUT2D eigenvalue weighted by molar-refractivity contribution is 6.30. The maximum Gasteiger partial charge on any atom is 0.0406 e. The van der Waals surface area contributed by atoms with Gasteiger partial charge in [0.05, 0.1) is 0 Å². The van der Waals surface area contributed by atoms with E-state index in [2.05, 4.69) is 32.9 Å². The normalized spacial score (nSPS) is 13.3. The van der Waals surface area contributed by atoms with Crippen LogP contribution < -0.4 is 0 Å². The Bertz CT molecular complexity index is 248. The molecule has 0 saturated carbocycles. The number of benzene rings is 1. The fourth-order valence-electron chi connectivity index (χ4n) is 1.19. The van der Waals surface area contributed by atoms with E-state index < -0.39 is 0 Å². The molecule has 0 amide bonds. The van der Waals surface area contributed by atoms with Gasteiger partial charge >= 0.3 is 0 Å². The molecule has 1 aromatic carbocycles. The number of hydrogen-bond acceptors (Lipinski definition) is 0. The minimum absolute atomic E-state index is 0.496. The lowest BCUT2D eigenvalue weighted by molar-refractivity contribution is 0.455. The highest BCUT2D eigenvalue weighted by Gasteiger charge is 2.07. The minimum Gasteiger partial charge on any atom is -0.0843 e. The van der Waals surface area contributed by atoms with Gasteiger partial charge in [0.15, 0.2) is 0 Å². The molecular formula is C12H16Cl.